The van der Waals surface area contributed by atoms with Crippen molar-refractivity contribution < 1.29 is 58.2 Å². The van der Waals surface area contributed by atoms with Crippen LogP contribution in [0.3, 0.4) is 0 Å². The van der Waals surface area contributed by atoms with Gasteiger partial charge in [0.15, 0.2) is 0 Å². The molecule has 4 aromatic rings. The highest BCUT2D eigenvalue weighted by Crippen LogP contribution is 2.14. The second kappa shape index (κ2) is 34.6. The molecule has 0 fully saturated rings. The van der Waals surface area contributed by atoms with Crippen LogP contribution in [0.5, 0.6) is 11.5 Å². The van der Waals surface area contributed by atoms with Gasteiger partial charge in [-0.15, -0.1) is 0 Å². The first-order valence-electron chi connectivity index (χ1n) is 27.9. The maximum absolute atomic E-state index is 14.0. The Bertz CT molecular complexity index is 2820. The van der Waals surface area contributed by atoms with E-state index in [0.717, 1.165) is 0 Å². The molecule has 0 aliphatic heterocycles. The summed E-state index contributed by atoms with van der Waals surface area (Å²) in [7, 11) is 0. The standard InChI is InChI=1S/C60H82N12O12/c1-35(2)27-47(58(82)72-60(84)50(32-40-15-11-8-12-16-40)70-52(76)34-66-54(78)38(6)68-56(80)46(62)30-42-19-23-44(74)24-20-42)63-25-26-64-57(81)48(28-36(3)4)71-59(83)49(31-39-13-9-7-10-14-39)69-51(75)33-65-53(77)37(5)67-55(79)45(61)29-41-17-21-43(73)22-18-41/h7-24,35-38,45-50,63,73-74H,25-34,61-62H2,1-6H3,(H,64,81)(H,65,77)(H,66,78)(H,67,79)(H,68,80)(H,69,75)(H,70,76)(H,71,83)(H,72,82,84)/t37-,38-,45+,46+,47+,48+,49+,50+/m1/s1. The van der Waals surface area contributed by atoms with Crippen LogP contribution in [0.1, 0.15) is 76.6 Å². The third kappa shape index (κ3) is 24.8. The van der Waals surface area contributed by atoms with Gasteiger partial charge in [-0.1, -0.05) is 113 Å². The summed E-state index contributed by atoms with van der Waals surface area (Å²) in [6.45, 7) is 9.22. The molecule has 0 saturated carbocycles. The van der Waals surface area contributed by atoms with Crippen LogP contribution in [0.15, 0.2) is 109 Å². The molecule has 10 amide bonds. The van der Waals surface area contributed by atoms with Gasteiger partial charge in [-0.3, -0.25) is 53.3 Å². The second-order valence-electron chi connectivity index (χ2n) is 21.4. The summed E-state index contributed by atoms with van der Waals surface area (Å²) in [5.41, 5.74) is 14.8. The van der Waals surface area contributed by atoms with Crippen LogP contribution >= 0.6 is 0 Å². The Morgan fingerprint density at radius 1 is 0.381 bits per heavy atom. The monoisotopic (exact) mass is 1160 g/mol. The molecule has 24 nitrogen and oxygen atoms in total. The van der Waals surface area contributed by atoms with Crippen molar-refractivity contribution in [3.8, 4) is 11.5 Å². The zero-order chi connectivity index (χ0) is 61.9. The van der Waals surface area contributed by atoms with Gasteiger partial charge in [-0.2, -0.15) is 0 Å². The minimum absolute atomic E-state index is 0.0143. The van der Waals surface area contributed by atoms with Gasteiger partial charge in [-0.05, 0) is 97.9 Å². The molecule has 4 rings (SSSR count). The molecule has 0 spiro atoms. The molecule has 0 bridgehead atoms. The Balaban J connectivity index is 1.32. The molecule has 8 atom stereocenters. The number of nitrogens with one attached hydrogen (secondary N) is 10. The van der Waals surface area contributed by atoms with E-state index in [1.807, 2.05) is 27.7 Å². The molecule has 16 N–H and O–H groups in total. The van der Waals surface area contributed by atoms with Crippen LogP contribution in [0.25, 0.3) is 0 Å². The molecule has 0 unspecified atom stereocenters. The smallest absolute Gasteiger partial charge is 0.249 e. The lowest BCUT2D eigenvalue weighted by Crippen LogP contribution is -2.57. The summed E-state index contributed by atoms with van der Waals surface area (Å²) in [5, 5.41) is 45.3. The predicted molar refractivity (Wildman–Crippen MR) is 314 cm³/mol. The molecule has 0 aliphatic rings. The number of benzene rings is 4. The van der Waals surface area contributed by atoms with E-state index in [1.54, 1.807) is 84.9 Å². The van der Waals surface area contributed by atoms with E-state index in [-0.39, 0.29) is 74.9 Å². The normalized spacial score (nSPS) is 13.9. The molecule has 0 radical (unpaired) electrons. The number of rotatable bonds is 33. The number of hydrogen-bond acceptors (Lipinski definition) is 15. The quantitative estimate of drug-likeness (QED) is 0.0268. The Morgan fingerprint density at radius 3 is 1.18 bits per heavy atom. The predicted octanol–water partition coefficient (Wildman–Crippen LogP) is -0.471. The average Bonchev–Trinajstić information content (AvgIpc) is 3.57. The number of amides is 10. The van der Waals surface area contributed by atoms with Crippen molar-refractivity contribution in [3.63, 3.8) is 0 Å². The summed E-state index contributed by atoms with van der Waals surface area (Å²) in [6.07, 6.45) is 0.761. The van der Waals surface area contributed by atoms with E-state index in [9.17, 15) is 58.2 Å². The number of carbonyl (C=O) groups excluding carboxylic acids is 10. The van der Waals surface area contributed by atoms with Gasteiger partial charge in [0.2, 0.25) is 59.1 Å². The third-order valence-corrected chi connectivity index (χ3v) is 13.1. The highest BCUT2D eigenvalue weighted by atomic mass is 16.3. The minimum Gasteiger partial charge on any atom is -0.508 e. The SMILES string of the molecule is CC(C)C[C@H](NCCNC(=O)[C@H](CC(C)C)NC(=O)[C@H](Cc1ccccc1)NC(=O)CNC(=O)[C@@H](C)NC(=O)[C@@H](N)Cc1ccc(O)cc1)C(=O)NC(=O)[C@H](Cc1ccccc1)NC(=O)CNC(=O)[C@@H](C)NC(=O)[C@@H](N)Cc1ccc(O)cc1. The molecule has 0 saturated heterocycles. The fraction of sp³-hybridized carbons (Fsp3) is 0.433. The topological polar surface area (TPSA) is 383 Å². The third-order valence-electron chi connectivity index (χ3n) is 13.1. The number of carbonyl (C=O) groups is 10. The van der Waals surface area contributed by atoms with E-state index in [0.29, 0.717) is 22.3 Å². The van der Waals surface area contributed by atoms with Crippen molar-refractivity contribution in [3.05, 3.63) is 131 Å². The first-order chi connectivity index (χ1) is 39.9. The number of nitrogens with two attached hydrogens (primary N) is 2. The van der Waals surface area contributed by atoms with Crippen molar-refractivity contribution in [1.29, 1.82) is 0 Å². The van der Waals surface area contributed by atoms with Crippen molar-refractivity contribution in [2.75, 3.05) is 26.2 Å². The number of phenolic OH excluding ortho intramolecular Hbond substituents is 2. The summed E-state index contributed by atoms with van der Waals surface area (Å²) < 4.78 is 0. The van der Waals surface area contributed by atoms with Crippen molar-refractivity contribution in [1.82, 2.24) is 53.2 Å². The Morgan fingerprint density at radius 2 is 0.762 bits per heavy atom. The van der Waals surface area contributed by atoms with E-state index in [4.69, 9.17) is 11.5 Å². The lowest BCUT2D eigenvalue weighted by atomic mass is 10.0. The van der Waals surface area contributed by atoms with Crippen LogP contribution in [0.2, 0.25) is 0 Å². The van der Waals surface area contributed by atoms with Crippen LogP contribution in [0, 0.1) is 11.8 Å². The molecule has 4 aromatic carbocycles. The minimum atomic E-state index is -1.27. The van der Waals surface area contributed by atoms with Gasteiger partial charge >= 0.3 is 0 Å². The summed E-state index contributed by atoms with van der Waals surface area (Å²) in [5.74, 6) is -6.85. The maximum Gasteiger partial charge on any atom is 0.249 e. The molecule has 24 heteroatoms. The first kappa shape index (κ1) is 67.8. The zero-order valence-corrected chi connectivity index (χ0v) is 48.4. The van der Waals surface area contributed by atoms with Crippen LogP contribution < -0.4 is 64.6 Å². The van der Waals surface area contributed by atoms with E-state index in [2.05, 4.69) is 53.2 Å². The number of imide groups is 1. The van der Waals surface area contributed by atoms with Crippen LogP contribution in [0.4, 0.5) is 0 Å². The highest BCUT2D eigenvalue weighted by Gasteiger charge is 2.31. The van der Waals surface area contributed by atoms with Crippen molar-refractivity contribution in [2.24, 2.45) is 23.3 Å². The Hall–Kier alpha value is -8.74. The van der Waals surface area contributed by atoms with Crippen LogP contribution in [-0.2, 0) is 73.6 Å². The van der Waals surface area contributed by atoms with Gasteiger partial charge in [0.25, 0.3) is 0 Å². The van der Waals surface area contributed by atoms with Gasteiger partial charge in [-0.25, -0.2) is 0 Å². The van der Waals surface area contributed by atoms with Crippen molar-refractivity contribution >= 4 is 59.1 Å². The number of hydrogen-bond donors (Lipinski definition) is 14. The molecule has 454 valence electrons. The fourth-order valence-electron chi connectivity index (χ4n) is 8.56. The lowest BCUT2D eigenvalue weighted by Gasteiger charge is -2.25. The molecular weight excluding hydrogens is 1080 g/mol. The maximum atomic E-state index is 14.0. The Labute approximate surface area is 489 Å². The van der Waals surface area contributed by atoms with Gasteiger partial charge < -0.3 is 69.5 Å². The number of aromatic hydroxyl groups is 2. The van der Waals surface area contributed by atoms with Crippen LogP contribution in [-0.4, -0.2) is 144 Å². The summed E-state index contributed by atoms with van der Waals surface area (Å²) in [6, 6.07) is 21.2. The summed E-state index contributed by atoms with van der Waals surface area (Å²) >= 11 is 0. The van der Waals surface area contributed by atoms with Gasteiger partial charge in [0.05, 0.1) is 31.2 Å². The van der Waals surface area contributed by atoms with Gasteiger partial charge in [0, 0.05) is 25.9 Å². The van der Waals surface area contributed by atoms with Gasteiger partial charge in [0.1, 0.15) is 41.7 Å². The van der Waals surface area contributed by atoms with Crippen molar-refractivity contribution in [2.45, 2.75) is 128 Å². The highest BCUT2D eigenvalue weighted by molar-refractivity contribution is 6.02. The molecule has 0 aromatic heterocycles. The Kier molecular flexibility index (Phi) is 27.9. The zero-order valence-electron chi connectivity index (χ0n) is 48.4. The molecule has 0 aliphatic carbocycles. The second-order valence-corrected chi connectivity index (χ2v) is 21.4. The lowest BCUT2D eigenvalue weighted by molar-refractivity contribution is -0.135. The molecule has 0 heterocycles. The van der Waals surface area contributed by atoms with E-state index < -0.39 is 120 Å². The first-order valence-corrected chi connectivity index (χ1v) is 27.9. The largest absolute Gasteiger partial charge is 0.508 e. The summed E-state index contributed by atoms with van der Waals surface area (Å²) in [4.78, 5) is 133. The fourth-order valence-corrected chi connectivity index (χ4v) is 8.56. The molecular formula is C60H82N12O12. The molecule has 84 heavy (non-hydrogen) atoms. The van der Waals surface area contributed by atoms with E-state index >= 15 is 0 Å². The van der Waals surface area contributed by atoms with E-state index in [1.165, 1.54) is 38.1 Å². The number of phenols is 2. The average molecular weight is 1160 g/mol.